The molecule has 0 bridgehead atoms. The van der Waals surface area contributed by atoms with E-state index in [0.717, 1.165) is 0 Å². The summed E-state index contributed by atoms with van der Waals surface area (Å²) < 4.78 is 10.9. The van der Waals surface area contributed by atoms with Gasteiger partial charge in [0, 0.05) is 12.7 Å². The Balaban J connectivity index is 3.05. The van der Waals surface area contributed by atoms with E-state index >= 15 is 0 Å². The molecule has 0 aromatic carbocycles. The van der Waals surface area contributed by atoms with E-state index in [1.165, 1.54) is 46.4 Å². The fourth-order valence-electron chi connectivity index (χ4n) is 3.37. The summed E-state index contributed by atoms with van der Waals surface area (Å²) in [4.78, 5) is 23.9. The Morgan fingerprint density at radius 2 is 1.79 bits per heavy atom. The molecule has 6 unspecified atom stereocenters. The van der Waals surface area contributed by atoms with Crippen molar-refractivity contribution in [2.24, 2.45) is 0 Å². The highest BCUT2D eigenvalue weighted by molar-refractivity contribution is 8.00. The topological polar surface area (TPSA) is 146 Å². The Morgan fingerprint density at radius 3 is 2.25 bits per heavy atom. The van der Waals surface area contributed by atoms with Gasteiger partial charge in [0.1, 0.15) is 34.7 Å². The van der Waals surface area contributed by atoms with Gasteiger partial charge in [0.05, 0.1) is 6.61 Å². The highest BCUT2D eigenvalue weighted by Gasteiger charge is 2.71. The Bertz CT molecular complexity index is 580. The standard InChI is InChI=1S/C18H33NO8S/c1-7-12(28-9-8-20)14(22)26-10-13-15(3,23)17(5,24)16(4,19-11(2)21)18(6,25)27-13/h12-13,20,23-25H,7-10H2,1-6H3,(H,19,21). The molecule has 6 atom stereocenters. The van der Waals surface area contributed by atoms with Gasteiger partial charge in [-0.3, -0.25) is 9.59 Å². The molecule has 28 heavy (non-hydrogen) atoms. The lowest BCUT2D eigenvalue weighted by atomic mass is 9.63. The van der Waals surface area contributed by atoms with E-state index in [9.17, 15) is 24.9 Å². The number of hydrogen-bond donors (Lipinski definition) is 5. The van der Waals surface area contributed by atoms with E-state index in [4.69, 9.17) is 14.6 Å². The molecule has 0 radical (unpaired) electrons. The van der Waals surface area contributed by atoms with Gasteiger partial charge in [-0.05, 0) is 34.1 Å². The molecule has 0 saturated carbocycles. The monoisotopic (exact) mass is 423 g/mol. The van der Waals surface area contributed by atoms with Gasteiger partial charge in [0.25, 0.3) is 0 Å². The molecule has 1 aliphatic rings. The summed E-state index contributed by atoms with van der Waals surface area (Å²) in [5.41, 5.74) is -5.77. The SMILES string of the molecule is CCC(SCCO)C(=O)OCC1OC(C)(O)C(C)(NC(C)=O)C(C)(O)C1(C)O. The summed E-state index contributed by atoms with van der Waals surface area (Å²) in [6.45, 7) is 7.73. The van der Waals surface area contributed by atoms with Crippen molar-refractivity contribution >= 4 is 23.6 Å². The van der Waals surface area contributed by atoms with Gasteiger partial charge in [-0.15, -0.1) is 11.8 Å². The lowest BCUT2D eigenvalue weighted by molar-refractivity contribution is -0.386. The number of esters is 1. The quantitative estimate of drug-likeness (QED) is 0.327. The summed E-state index contributed by atoms with van der Waals surface area (Å²) in [5.74, 6) is -2.77. The van der Waals surface area contributed by atoms with Gasteiger partial charge in [0.2, 0.25) is 5.91 Å². The van der Waals surface area contributed by atoms with Crippen molar-refractivity contribution in [3.05, 3.63) is 0 Å². The summed E-state index contributed by atoms with van der Waals surface area (Å²) in [6, 6.07) is 0. The summed E-state index contributed by atoms with van der Waals surface area (Å²) in [7, 11) is 0. The van der Waals surface area contributed by atoms with Crippen molar-refractivity contribution in [1.29, 1.82) is 0 Å². The van der Waals surface area contributed by atoms with Gasteiger partial charge in [0.15, 0.2) is 5.79 Å². The highest BCUT2D eigenvalue weighted by atomic mass is 32.2. The Hall–Kier alpha value is -0.910. The molecule has 1 fully saturated rings. The van der Waals surface area contributed by atoms with E-state index in [1.807, 2.05) is 0 Å². The van der Waals surface area contributed by atoms with E-state index in [2.05, 4.69) is 5.32 Å². The summed E-state index contributed by atoms with van der Waals surface area (Å²) >= 11 is 1.25. The van der Waals surface area contributed by atoms with Crippen LogP contribution in [0.15, 0.2) is 0 Å². The van der Waals surface area contributed by atoms with Crippen LogP contribution >= 0.6 is 11.8 Å². The molecule has 5 N–H and O–H groups in total. The van der Waals surface area contributed by atoms with Gasteiger partial charge in [-0.2, -0.15) is 0 Å². The molecule has 1 aliphatic heterocycles. The Labute approximate surface area is 169 Å². The minimum atomic E-state index is -2.07. The maximum absolute atomic E-state index is 12.3. The third-order valence-corrected chi connectivity index (χ3v) is 7.08. The number of aliphatic hydroxyl groups excluding tert-OH is 1. The molecule has 1 rings (SSSR count). The first-order chi connectivity index (χ1) is 12.7. The predicted molar refractivity (Wildman–Crippen MR) is 104 cm³/mol. The zero-order valence-electron chi connectivity index (χ0n) is 17.3. The maximum atomic E-state index is 12.3. The van der Waals surface area contributed by atoms with E-state index in [-0.39, 0.29) is 6.61 Å². The van der Waals surface area contributed by atoms with Crippen molar-refractivity contribution in [3.63, 3.8) is 0 Å². The lowest BCUT2D eigenvalue weighted by Crippen LogP contribution is -2.85. The van der Waals surface area contributed by atoms with Crippen molar-refractivity contribution < 1.29 is 39.5 Å². The minimum Gasteiger partial charge on any atom is -0.462 e. The summed E-state index contributed by atoms with van der Waals surface area (Å²) in [5, 5.41) is 43.9. The van der Waals surface area contributed by atoms with Crippen LogP contribution in [0, 0.1) is 0 Å². The highest BCUT2D eigenvalue weighted by Crippen LogP contribution is 2.48. The number of aliphatic hydroxyl groups is 4. The van der Waals surface area contributed by atoms with Crippen LogP contribution in [0.2, 0.25) is 0 Å². The molecule has 9 nitrogen and oxygen atoms in total. The van der Waals surface area contributed by atoms with E-state index in [1.54, 1.807) is 6.92 Å². The predicted octanol–water partition coefficient (Wildman–Crippen LogP) is -0.462. The Morgan fingerprint density at radius 1 is 1.21 bits per heavy atom. The first-order valence-corrected chi connectivity index (χ1v) is 10.3. The van der Waals surface area contributed by atoms with E-state index in [0.29, 0.717) is 12.2 Å². The molecular formula is C18H33NO8S. The fraction of sp³-hybridized carbons (Fsp3) is 0.889. The summed E-state index contributed by atoms with van der Waals surface area (Å²) in [6.07, 6.45) is -0.773. The number of carbonyl (C=O) groups is 2. The van der Waals surface area contributed by atoms with Crippen molar-refractivity contribution in [2.45, 2.75) is 81.8 Å². The minimum absolute atomic E-state index is 0.0671. The van der Waals surface area contributed by atoms with Gasteiger partial charge < -0.3 is 35.2 Å². The normalized spacial score (nSPS) is 39.3. The second-order valence-electron chi connectivity index (χ2n) is 7.74. The molecule has 1 saturated heterocycles. The molecule has 10 heteroatoms. The van der Waals surface area contributed by atoms with Crippen LogP contribution in [0.5, 0.6) is 0 Å². The molecular weight excluding hydrogens is 390 g/mol. The van der Waals surface area contributed by atoms with Crippen LogP contribution in [-0.2, 0) is 19.1 Å². The van der Waals surface area contributed by atoms with Crippen LogP contribution in [0.3, 0.4) is 0 Å². The van der Waals surface area contributed by atoms with Crippen LogP contribution in [0.4, 0.5) is 0 Å². The molecule has 0 aromatic heterocycles. The molecule has 0 aromatic rings. The van der Waals surface area contributed by atoms with Gasteiger partial charge in [-0.25, -0.2) is 0 Å². The molecule has 1 amide bonds. The third-order valence-electron chi connectivity index (χ3n) is 5.73. The number of amides is 1. The zero-order chi connectivity index (χ0) is 22.0. The fourth-order valence-corrected chi connectivity index (χ4v) is 4.19. The first kappa shape index (κ1) is 25.1. The van der Waals surface area contributed by atoms with Crippen LogP contribution in [0.1, 0.15) is 48.0 Å². The number of hydrogen-bond acceptors (Lipinski definition) is 9. The molecule has 1 heterocycles. The van der Waals surface area contributed by atoms with Crippen LogP contribution < -0.4 is 5.32 Å². The van der Waals surface area contributed by atoms with Crippen LogP contribution in [-0.4, -0.2) is 85.2 Å². The Kier molecular flexibility index (Phi) is 7.94. The second kappa shape index (κ2) is 8.85. The molecule has 0 aliphatic carbocycles. The number of carbonyl (C=O) groups excluding carboxylic acids is 2. The van der Waals surface area contributed by atoms with Gasteiger partial charge >= 0.3 is 5.97 Å². The zero-order valence-corrected chi connectivity index (χ0v) is 18.1. The van der Waals surface area contributed by atoms with Crippen LogP contribution in [0.25, 0.3) is 0 Å². The largest absolute Gasteiger partial charge is 0.462 e. The molecule has 164 valence electrons. The van der Waals surface area contributed by atoms with Crippen molar-refractivity contribution in [3.8, 4) is 0 Å². The number of nitrogens with one attached hydrogen (secondary N) is 1. The molecule has 0 spiro atoms. The number of thioether (sulfide) groups is 1. The number of rotatable bonds is 8. The smallest absolute Gasteiger partial charge is 0.319 e. The second-order valence-corrected chi connectivity index (χ2v) is 9.05. The average molecular weight is 424 g/mol. The number of ether oxygens (including phenoxy) is 2. The van der Waals surface area contributed by atoms with Gasteiger partial charge in [-0.1, -0.05) is 6.92 Å². The first-order valence-electron chi connectivity index (χ1n) is 9.20. The maximum Gasteiger partial charge on any atom is 0.319 e. The average Bonchev–Trinajstić information content (AvgIpc) is 2.56. The van der Waals surface area contributed by atoms with Crippen molar-refractivity contribution in [2.75, 3.05) is 19.0 Å². The van der Waals surface area contributed by atoms with Crippen molar-refractivity contribution in [1.82, 2.24) is 5.32 Å². The third kappa shape index (κ3) is 4.47. The lowest BCUT2D eigenvalue weighted by Gasteiger charge is -2.62. The van der Waals surface area contributed by atoms with E-state index < -0.39 is 52.4 Å².